The third-order valence-corrected chi connectivity index (χ3v) is 4.46. The largest absolute Gasteiger partial charge is 0.481 e. The van der Waals surface area contributed by atoms with Gasteiger partial charge in [0, 0.05) is 6.54 Å². The van der Waals surface area contributed by atoms with Crippen LogP contribution in [-0.2, 0) is 4.79 Å². The minimum atomic E-state index is -0.698. The number of nitrogens with one attached hydrogen (secondary N) is 2. The number of unbranched alkanes of at least 4 members (excludes halogenated alkanes) is 1. The van der Waals surface area contributed by atoms with Gasteiger partial charge in [0.05, 0.1) is 11.3 Å². The molecule has 2 N–H and O–H groups in total. The van der Waals surface area contributed by atoms with Gasteiger partial charge in [0.1, 0.15) is 5.75 Å². The van der Waals surface area contributed by atoms with Gasteiger partial charge in [-0.1, -0.05) is 57.5 Å². The van der Waals surface area contributed by atoms with E-state index < -0.39 is 6.10 Å². The Morgan fingerprint density at radius 1 is 1.00 bits per heavy atom. The molecule has 0 aromatic heterocycles. The Labute approximate surface area is 167 Å². The number of hydrogen-bond acceptors (Lipinski definition) is 3. The van der Waals surface area contributed by atoms with Gasteiger partial charge in [-0.2, -0.15) is 0 Å². The molecule has 0 aliphatic rings. The Morgan fingerprint density at radius 2 is 1.68 bits per heavy atom. The molecule has 0 aliphatic heterocycles. The quantitative estimate of drug-likeness (QED) is 0.615. The fourth-order valence-corrected chi connectivity index (χ4v) is 2.81. The predicted octanol–water partition coefficient (Wildman–Crippen LogP) is 4.75. The van der Waals surface area contributed by atoms with E-state index >= 15 is 0 Å². The van der Waals surface area contributed by atoms with Crippen LogP contribution in [0, 0.1) is 0 Å². The summed E-state index contributed by atoms with van der Waals surface area (Å²) in [7, 11) is 0. The topological polar surface area (TPSA) is 67.4 Å². The highest BCUT2D eigenvalue weighted by molar-refractivity contribution is 6.04. The van der Waals surface area contributed by atoms with Crippen molar-refractivity contribution >= 4 is 17.5 Å². The number of ether oxygens (including phenoxy) is 1. The van der Waals surface area contributed by atoms with Gasteiger partial charge in [-0.15, -0.1) is 0 Å². The average Bonchev–Trinajstić information content (AvgIpc) is 2.68. The monoisotopic (exact) mass is 382 g/mol. The lowest BCUT2D eigenvalue weighted by Crippen LogP contribution is -2.32. The van der Waals surface area contributed by atoms with Gasteiger partial charge in [0.2, 0.25) is 0 Å². The second-order valence-electron chi connectivity index (χ2n) is 7.10. The van der Waals surface area contributed by atoms with Gasteiger partial charge in [-0.05, 0) is 43.0 Å². The molecule has 5 nitrogen and oxygen atoms in total. The Kier molecular flexibility index (Phi) is 8.05. The van der Waals surface area contributed by atoms with Crippen LogP contribution in [0.25, 0.3) is 0 Å². The van der Waals surface area contributed by atoms with Crippen molar-refractivity contribution in [2.45, 2.75) is 52.6 Å². The van der Waals surface area contributed by atoms with Gasteiger partial charge >= 0.3 is 0 Å². The van der Waals surface area contributed by atoms with Crippen LogP contribution in [0.2, 0.25) is 0 Å². The van der Waals surface area contributed by atoms with Crippen molar-refractivity contribution < 1.29 is 14.3 Å². The summed E-state index contributed by atoms with van der Waals surface area (Å²) in [6, 6.07) is 14.7. The summed E-state index contributed by atoms with van der Waals surface area (Å²) >= 11 is 0. The van der Waals surface area contributed by atoms with Crippen molar-refractivity contribution in [3.63, 3.8) is 0 Å². The molecule has 0 bridgehead atoms. The summed E-state index contributed by atoms with van der Waals surface area (Å²) in [5.74, 6) is 0.500. The molecule has 0 saturated heterocycles. The molecule has 0 saturated carbocycles. The summed E-state index contributed by atoms with van der Waals surface area (Å²) in [5.41, 5.74) is 1.98. The normalized spacial score (nSPS) is 11.8. The molecule has 0 heterocycles. The van der Waals surface area contributed by atoms with E-state index in [4.69, 9.17) is 4.74 Å². The molecule has 150 valence electrons. The van der Waals surface area contributed by atoms with Crippen molar-refractivity contribution in [2.75, 3.05) is 11.9 Å². The molecule has 0 aliphatic carbocycles. The number of rotatable bonds is 9. The molecule has 2 amide bonds. The van der Waals surface area contributed by atoms with Crippen LogP contribution < -0.4 is 15.4 Å². The zero-order valence-electron chi connectivity index (χ0n) is 17.1. The molecular formula is C23H30N2O3. The van der Waals surface area contributed by atoms with Gasteiger partial charge in [-0.3, -0.25) is 9.59 Å². The number of carbonyl (C=O) groups excluding carboxylic acids is 2. The first-order valence-corrected chi connectivity index (χ1v) is 9.87. The summed E-state index contributed by atoms with van der Waals surface area (Å²) in [6.07, 6.45) is 1.22. The van der Waals surface area contributed by atoms with E-state index in [9.17, 15) is 9.59 Å². The summed E-state index contributed by atoms with van der Waals surface area (Å²) in [6.45, 7) is 8.55. The van der Waals surface area contributed by atoms with Gasteiger partial charge in [0.25, 0.3) is 11.8 Å². The molecule has 2 aromatic rings. The third-order valence-electron chi connectivity index (χ3n) is 4.46. The number of carbonyl (C=O) groups is 2. The van der Waals surface area contributed by atoms with E-state index in [1.165, 1.54) is 0 Å². The number of amides is 2. The fraction of sp³-hybridized carbons (Fsp3) is 0.391. The minimum absolute atomic E-state index is 0.192. The van der Waals surface area contributed by atoms with Crippen molar-refractivity contribution in [1.82, 2.24) is 5.32 Å². The maximum Gasteiger partial charge on any atom is 0.265 e. The zero-order valence-corrected chi connectivity index (χ0v) is 17.1. The summed E-state index contributed by atoms with van der Waals surface area (Å²) in [5, 5.41) is 5.71. The van der Waals surface area contributed by atoms with E-state index in [1.54, 1.807) is 31.2 Å². The van der Waals surface area contributed by atoms with Crippen molar-refractivity contribution in [3.05, 3.63) is 59.7 Å². The second kappa shape index (κ2) is 10.5. The van der Waals surface area contributed by atoms with Crippen LogP contribution in [0.1, 0.15) is 62.4 Å². The van der Waals surface area contributed by atoms with Gasteiger partial charge in [0.15, 0.2) is 6.10 Å². The van der Waals surface area contributed by atoms with Crippen molar-refractivity contribution in [1.29, 1.82) is 0 Å². The van der Waals surface area contributed by atoms with Crippen molar-refractivity contribution in [3.8, 4) is 5.75 Å². The van der Waals surface area contributed by atoms with Crippen LogP contribution >= 0.6 is 0 Å². The maximum atomic E-state index is 12.7. The highest BCUT2D eigenvalue weighted by Gasteiger charge is 2.19. The second-order valence-corrected chi connectivity index (χ2v) is 7.10. The number of anilines is 1. The molecule has 5 heteroatoms. The number of para-hydroxylation sites is 2. The average molecular weight is 383 g/mol. The lowest BCUT2D eigenvalue weighted by molar-refractivity contribution is -0.122. The molecule has 2 rings (SSSR count). The van der Waals surface area contributed by atoms with E-state index in [2.05, 4.69) is 31.4 Å². The molecule has 1 atom stereocenters. The van der Waals surface area contributed by atoms with Crippen LogP contribution in [0.15, 0.2) is 48.5 Å². The summed E-state index contributed by atoms with van der Waals surface area (Å²) in [4.78, 5) is 25.1. The lowest BCUT2D eigenvalue weighted by Gasteiger charge is -2.19. The van der Waals surface area contributed by atoms with E-state index in [0.29, 0.717) is 29.5 Å². The molecule has 0 fully saturated rings. The summed E-state index contributed by atoms with van der Waals surface area (Å²) < 4.78 is 5.91. The van der Waals surface area contributed by atoms with E-state index in [1.807, 2.05) is 24.3 Å². The fourth-order valence-electron chi connectivity index (χ4n) is 2.81. The van der Waals surface area contributed by atoms with Crippen LogP contribution in [0.4, 0.5) is 5.69 Å². The highest BCUT2D eigenvalue weighted by Crippen LogP contribution is 2.27. The first-order chi connectivity index (χ1) is 13.4. The first kappa shape index (κ1) is 21.5. The lowest BCUT2D eigenvalue weighted by atomic mass is 10.0. The van der Waals surface area contributed by atoms with E-state index in [0.717, 1.165) is 18.4 Å². The van der Waals surface area contributed by atoms with Gasteiger partial charge in [-0.25, -0.2) is 0 Å². The van der Waals surface area contributed by atoms with Crippen LogP contribution in [0.3, 0.4) is 0 Å². The number of hydrogen-bond donors (Lipinski definition) is 2. The highest BCUT2D eigenvalue weighted by atomic mass is 16.5. The SMILES string of the molecule is CCCCNC(=O)c1ccccc1NC(=O)[C@@H](C)Oc1ccccc1C(C)C. The van der Waals surface area contributed by atoms with E-state index in [-0.39, 0.29) is 11.8 Å². The predicted molar refractivity (Wildman–Crippen MR) is 113 cm³/mol. The molecule has 0 radical (unpaired) electrons. The Hall–Kier alpha value is -2.82. The third kappa shape index (κ3) is 5.84. The minimum Gasteiger partial charge on any atom is -0.481 e. The molecule has 0 spiro atoms. The standard InChI is InChI=1S/C23H30N2O3/c1-5-6-15-24-23(27)19-12-7-9-13-20(19)25-22(26)17(4)28-21-14-10-8-11-18(21)16(2)3/h7-14,16-17H,5-6,15H2,1-4H3,(H,24,27)(H,25,26)/t17-/m1/s1. The molecule has 28 heavy (non-hydrogen) atoms. The van der Waals surface area contributed by atoms with Crippen LogP contribution in [-0.4, -0.2) is 24.5 Å². The molecule has 0 unspecified atom stereocenters. The van der Waals surface area contributed by atoms with Crippen molar-refractivity contribution in [2.24, 2.45) is 0 Å². The van der Waals surface area contributed by atoms with Crippen LogP contribution in [0.5, 0.6) is 5.75 Å². The first-order valence-electron chi connectivity index (χ1n) is 9.87. The maximum absolute atomic E-state index is 12.7. The Morgan fingerprint density at radius 3 is 2.39 bits per heavy atom. The smallest absolute Gasteiger partial charge is 0.265 e. The molecular weight excluding hydrogens is 352 g/mol. The zero-order chi connectivity index (χ0) is 20.5. The van der Waals surface area contributed by atoms with Gasteiger partial charge < -0.3 is 15.4 Å². The Balaban J connectivity index is 2.08. The number of benzene rings is 2. The Bertz CT molecular complexity index is 802. The molecule has 2 aromatic carbocycles.